The third-order valence-corrected chi connectivity index (χ3v) is 6.69. The molecule has 5 nitrogen and oxygen atoms in total. The van der Waals surface area contributed by atoms with Crippen LogP contribution >= 0.6 is 11.6 Å². The van der Waals surface area contributed by atoms with Crippen molar-refractivity contribution in [3.8, 4) is 22.7 Å². The van der Waals surface area contributed by atoms with Gasteiger partial charge in [0.1, 0.15) is 5.75 Å². The van der Waals surface area contributed by atoms with E-state index in [0.29, 0.717) is 22.0 Å². The summed E-state index contributed by atoms with van der Waals surface area (Å²) in [4.78, 5) is 12.6. The van der Waals surface area contributed by atoms with Crippen LogP contribution < -0.4 is 5.56 Å². The van der Waals surface area contributed by atoms with E-state index >= 15 is 0 Å². The monoisotopic (exact) mass is 437 g/mol. The van der Waals surface area contributed by atoms with Gasteiger partial charge < -0.3 is 5.11 Å². The lowest BCUT2D eigenvalue weighted by Crippen LogP contribution is -2.26. The van der Waals surface area contributed by atoms with Gasteiger partial charge in [-0.05, 0) is 42.0 Å². The smallest absolute Gasteiger partial charge is 0.278 e. The SMILES string of the molecule is O=c1c(S(=O)(=O)c2ccc(Cl)cc2)c(O)cc(-c2ccccc2)n1-c1ccccc1. The number of aromatic nitrogens is 1. The number of hydrogen-bond acceptors (Lipinski definition) is 4. The molecule has 0 saturated carbocycles. The van der Waals surface area contributed by atoms with Crippen molar-refractivity contribution in [2.75, 3.05) is 0 Å². The normalized spacial score (nSPS) is 11.4. The molecule has 0 fully saturated rings. The Morgan fingerprint density at radius 3 is 1.97 bits per heavy atom. The van der Waals surface area contributed by atoms with Crippen LogP contribution in [-0.4, -0.2) is 18.1 Å². The summed E-state index contributed by atoms with van der Waals surface area (Å²) >= 11 is 5.85. The molecule has 0 saturated heterocycles. The number of benzene rings is 3. The average molecular weight is 438 g/mol. The van der Waals surface area contributed by atoms with Crippen LogP contribution in [0.3, 0.4) is 0 Å². The van der Waals surface area contributed by atoms with Crippen LogP contribution in [0.15, 0.2) is 106 Å². The van der Waals surface area contributed by atoms with Crippen LogP contribution in [0, 0.1) is 0 Å². The maximum atomic E-state index is 13.5. The molecular formula is C23H16ClNO4S. The van der Waals surface area contributed by atoms with E-state index in [1.165, 1.54) is 34.9 Å². The summed E-state index contributed by atoms with van der Waals surface area (Å²) in [6.45, 7) is 0. The first-order valence-corrected chi connectivity index (χ1v) is 10.9. The molecule has 3 aromatic carbocycles. The number of halogens is 1. The van der Waals surface area contributed by atoms with E-state index in [0.717, 1.165) is 0 Å². The van der Waals surface area contributed by atoms with Crippen molar-refractivity contribution in [1.82, 2.24) is 4.57 Å². The van der Waals surface area contributed by atoms with Crippen molar-refractivity contribution in [3.05, 3.63) is 106 Å². The number of para-hydroxylation sites is 1. The molecule has 0 amide bonds. The van der Waals surface area contributed by atoms with Gasteiger partial charge in [0.2, 0.25) is 9.84 Å². The molecule has 0 unspecified atom stereocenters. The fraction of sp³-hybridized carbons (Fsp3) is 0. The van der Waals surface area contributed by atoms with Gasteiger partial charge in [-0.3, -0.25) is 9.36 Å². The topological polar surface area (TPSA) is 76.4 Å². The van der Waals surface area contributed by atoms with Gasteiger partial charge in [-0.1, -0.05) is 60.1 Å². The van der Waals surface area contributed by atoms with Crippen molar-refractivity contribution in [2.45, 2.75) is 9.79 Å². The quantitative estimate of drug-likeness (QED) is 0.502. The molecule has 0 aliphatic carbocycles. The molecule has 0 aliphatic heterocycles. The standard InChI is InChI=1S/C23H16ClNO4S/c24-17-11-13-19(14-12-17)30(28,29)22-21(26)15-20(16-7-3-1-4-8-16)25(23(22)27)18-9-5-2-6-10-18/h1-15,26H. The first-order chi connectivity index (χ1) is 14.4. The summed E-state index contributed by atoms with van der Waals surface area (Å²) in [5.41, 5.74) is 0.674. The van der Waals surface area contributed by atoms with Crippen molar-refractivity contribution in [1.29, 1.82) is 0 Å². The van der Waals surface area contributed by atoms with E-state index in [9.17, 15) is 18.3 Å². The van der Waals surface area contributed by atoms with Gasteiger partial charge in [-0.25, -0.2) is 8.42 Å². The predicted molar refractivity (Wildman–Crippen MR) is 116 cm³/mol. The molecule has 0 radical (unpaired) electrons. The van der Waals surface area contributed by atoms with Gasteiger partial charge in [-0.15, -0.1) is 0 Å². The van der Waals surface area contributed by atoms with Crippen LogP contribution in [0.4, 0.5) is 0 Å². The van der Waals surface area contributed by atoms with E-state index < -0.39 is 26.0 Å². The average Bonchev–Trinajstić information content (AvgIpc) is 2.74. The zero-order valence-electron chi connectivity index (χ0n) is 15.6. The molecule has 4 rings (SSSR count). The molecule has 7 heteroatoms. The number of rotatable bonds is 4. The Bertz CT molecular complexity index is 1360. The Hall–Kier alpha value is -3.35. The Kier molecular flexibility index (Phi) is 5.20. The minimum absolute atomic E-state index is 0.133. The van der Waals surface area contributed by atoms with Crippen LogP contribution in [-0.2, 0) is 9.84 Å². The molecule has 0 atom stereocenters. The van der Waals surface area contributed by atoms with Crippen molar-refractivity contribution >= 4 is 21.4 Å². The number of aromatic hydroxyl groups is 1. The summed E-state index contributed by atoms with van der Waals surface area (Å²) in [7, 11) is -4.29. The van der Waals surface area contributed by atoms with Crippen LogP contribution in [0.5, 0.6) is 5.75 Å². The summed E-state index contributed by atoms with van der Waals surface area (Å²) in [6, 6.07) is 24.4. The van der Waals surface area contributed by atoms with E-state index in [2.05, 4.69) is 0 Å². The zero-order chi connectivity index (χ0) is 21.3. The van der Waals surface area contributed by atoms with E-state index in [1.54, 1.807) is 54.6 Å². The highest BCUT2D eigenvalue weighted by Gasteiger charge is 2.29. The molecule has 1 N–H and O–H groups in total. The minimum atomic E-state index is -4.29. The summed E-state index contributed by atoms with van der Waals surface area (Å²) in [6.07, 6.45) is 0. The number of sulfone groups is 1. The third kappa shape index (κ3) is 3.51. The lowest BCUT2D eigenvalue weighted by Gasteiger charge is -2.16. The molecule has 0 bridgehead atoms. The maximum Gasteiger partial charge on any atom is 0.278 e. The predicted octanol–water partition coefficient (Wildman–Crippen LogP) is 4.70. The van der Waals surface area contributed by atoms with Gasteiger partial charge in [0.05, 0.1) is 10.6 Å². The second kappa shape index (κ2) is 7.82. The maximum absolute atomic E-state index is 13.5. The van der Waals surface area contributed by atoms with Gasteiger partial charge >= 0.3 is 0 Å². The molecule has 1 heterocycles. The van der Waals surface area contributed by atoms with Gasteiger partial charge in [0.15, 0.2) is 4.90 Å². The molecular weight excluding hydrogens is 422 g/mol. The summed E-state index contributed by atoms with van der Waals surface area (Å²) in [5.74, 6) is -0.610. The fourth-order valence-corrected chi connectivity index (χ4v) is 4.73. The second-order valence-corrected chi connectivity index (χ2v) is 8.87. The fourth-order valence-electron chi connectivity index (χ4n) is 3.22. The van der Waals surface area contributed by atoms with E-state index in [4.69, 9.17) is 11.6 Å². The first kappa shape index (κ1) is 19.9. The molecule has 4 aromatic rings. The molecule has 0 spiro atoms. The second-order valence-electron chi connectivity index (χ2n) is 6.54. The number of nitrogens with zero attached hydrogens (tertiary/aromatic N) is 1. The van der Waals surface area contributed by atoms with Gasteiger partial charge in [0.25, 0.3) is 5.56 Å². The van der Waals surface area contributed by atoms with Crippen LogP contribution in [0.1, 0.15) is 0 Å². The van der Waals surface area contributed by atoms with E-state index in [1.807, 2.05) is 6.07 Å². The Morgan fingerprint density at radius 1 is 0.800 bits per heavy atom. The number of hydrogen-bond donors (Lipinski definition) is 1. The van der Waals surface area contributed by atoms with Crippen LogP contribution in [0.2, 0.25) is 5.02 Å². The summed E-state index contributed by atoms with van der Waals surface area (Å²) in [5, 5.41) is 11.0. The lowest BCUT2D eigenvalue weighted by molar-refractivity contribution is 0.454. The Labute approximate surface area is 178 Å². The highest BCUT2D eigenvalue weighted by Crippen LogP contribution is 2.31. The molecule has 0 aliphatic rings. The largest absolute Gasteiger partial charge is 0.506 e. The van der Waals surface area contributed by atoms with E-state index in [-0.39, 0.29) is 4.90 Å². The minimum Gasteiger partial charge on any atom is -0.506 e. The van der Waals surface area contributed by atoms with Crippen molar-refractivity contribution in [3.63, 3.8) is 0 Å². The zero-order valence-corrected chi connectivity index (χ0v) is 17.1. The highest BCUT2D eigenvalue weighted by molar-refractivity contribution is 7.91. The molecule has 1 aromatic heterocycles. The first-order valence-electron chi connectivity index (χ1n) is 9.00. The Morgan fingerprint density at radius 2 is 1.37 bits per heavy atom. The van der Waals surface area contributed by atoms with Crippen molar-refractivity contribution in [2.24, 2.45) is 0 Å². The highest BCUT2D eigenvalue weighted by atomic mass is 35.5. The third-order valence-electron chi connectivity index (χ3n) is 4.62. The molecule has 30 heavy (non-hydrogen) atoms. The Balaban J connectivity index is 2.06. The lowest BCUT2D eigenvalue weighted by atomic mass is 10.1. The number of pyridine rings is 1. The van der Waals surface area contributed by atoms with Gasteiger partial charge in [-0.2, -0.15) is 0 Å². The van der Waals surface area contributed by atoms with Crippen LogP contribution in [0.25, 0.3) is 16.9 Å². The summed E-state index contributed by atoms with van der Waals surface area (Å²) < 4.78 is 27.7. The van der Waals surface area contributed by atoms with Gasteiger partial charge in [0, 0.05) is 16.8 Å². The molecule has 150 valence electrons. The van der Waals surface area contributed by atoms with Crippen molar-refractivity contribution < 1.29 is 13.5 Å².